The standard InChI is InChI=1S/C8H15N3O3/c1-14-6(12)8(10)4-5(8)2-3-11-7(9)13/h5H,2-4,10H2,1H3,(H3,9,11,13)/t5?,8-/m1/s1. The van der Waals surface area contributed by atoms with Gasteiger partial charge in [0.15, 0.2) is 0 Å². The quantitative estimate of drug-likeness (QED) is 0.503. The topological polar surface area (TPSA) is 107 Å². The molecule has 1 unspecified atom stereocenters. The number of methoxy groups -OCH3 is 1. The molecule has 0 aromatic heterocycles. The van der Waals surface area contributed by atoms with E-state index in [0.717, 1.165) is 0 Å². The number of nitrogens with two attached hydrogens (primary N) is 2. The van der Waals surface area contributed by atoms with Gasteiger partial charge in [-0.3, -0.25) is 4.79 Å². The number of carbonyl (C=O) groups excluding carboxylic acids is 2. The van der Waals surface area contributed by atoms with Gasteiger partial charge in [-0.1, -0.05) is 0 Å². The molecule has 14 heavy (non-hydrogen) atoms. The van der Waals surface area contributed by atoms with Crippen LogP contribution >= 0.6 is 0 Å². The first-order valence-electron chi connectivity index (χ1n) is 4.41. The minimum absolute atomic E-state index is 0.0850. The molecular formula is C8H15N3O3. The molecular weight excluding hydrogens is 186 g/mol. The third kappa shape index (κ3) is 2.14. The van der Waals surface area contributed by atoms with Crippen LogP contribution in [-0.2, 0) is 9.53 Å². The van der Waals surface area contributed by atoms with Crippen LogP contribution in [0.4, 0.5) is 4.79 Å². The molecule has 0 aromatic rings. The molecule has 1 fully saturated rings. The van der Waals surface area contributed by atoms with Crippen molar-refractivity contribution in [2.75, 3.05) is 13.7 Å². The van der Waals surface area contributed by atoms with Gasteiger partial charge in [-0.25, -0.2) is 4.79 Å². The summed E-state index contributed by atoms with van der Waals surface area (Å²) in [5.74, 6) is -0.302. The fourth-order valence-corrected chi connectivity index (χ4v) is 1.52. The Morgan fingerprint density at radius 3 is 2.79 bits per heavy atom. The van der Waals surface area contributed by atoms with E-state index in [1.54, 1.807) is 0 Å². The summed E-state index contributed by atoms with van der Waals surface area (Å²) < 4.78 is 4.56. The summed E-state index contributed by atoms with van der Waals surface area (Å²) in [6.07, 6.45) is 1.26. The van der Waals surface area contributed by atoms with Crippen LogP contribution in [0.1, 0.15) is 12.8 Å². The lowest BCUT2D eigenvalue weighted by Crippen LogP contribution is -2.37. The van der Waals surface area contributed by atoms with E-state index >= 15 is 0 Å². The van der Waals surface area contributed by atoms with Crippen molar-refractivity contribution in [3.63, 3.8) is 0 Å². The predicted molar refractivity (Wildman–Crippen MR) is 49.2 cm³/mol. The number of nitrogens with one attached hydrogen (secondary N) is 1. The lowest BCUT2D eigenvalue weighted by atomic mass is 10.2. The Labute approximate surface area is 82.0 Å². The van der Waals surface area contributed by atoms with E-state index in [1.807, 2.05) is 0 Å². The molecule has 5 N–H and O–H groups in total. The van der Waals surface area contributed by atoms with Crippen molar-refractivity contribution in [3.05, 3.63) is 0 Å². The molecule has 0 saturated heterocycles. The number of hydrogen-bond acceptors (Lipinski definition) is 4. The Morgan fingerprint density at radius 1 is 1.64 bits per heavy atom. The van der Waals surface area contributed by atoms with Crippen LogP contribution in [0.5, 0.6) is 0 Å². The van der Waals surface area contributed by atoms with Crippen LogP contribution in [0, 0.1) is 5.92 Å². The largest absolute Gasteiger partial charge is 0.468 e. The minimum Gasteiger partial charge on any atom is -0.468 e. The summed E-state index contributed by atoms with van der Waals surface area (Å²) in [4.78, 5) is 21.5. The molecule has 6 heteroatoms. The van der Waals surface area contributed by atoms with E-state index in [0.29, 0.717) is 19.4 Å². The van der Waals surface area contributed by atoms with Crippen molar-refractivity contribution < 1.29 is 14.3 Å². The Kier molecular flexibility index (Phi) is 2.95. The van der Waals surface area contributed by atoms with Crippen LogP contribution < -0.4 is 16.8 Å². The average Bonchev–Trinajstić information content (AvgIpc) is 2.77. The predicted octanol–water partition coefficient (Wildman–Crippen LogP) is -1.06. The number of primary amides is 1. The zero-order chi connectivity index (χ0) is 10.8. The normalized spacial score (nSPS) is 29.4. The summed E-state index contributed by atoms with van der Waals surface area (Å²) >= 11 is 0. The summed E-state index contributed by atoms with van der Waals surface area (Å²) in [6.45, 7) is 0.440. The highest BCUT2D eigenvalue weighted by atomic mass is 16.5. The second-order valence-electron chi connectivity index (χ2n) is 3.51. The molecule has 0 aliphatic heterocycles. The highest BCUT2D eigenvalue weighted by Crippen LogP contribution is 2.44. The fraction of sp³-hybridized carbons (Fsp3) is 0.750. The first-order chi connectivity index (χ1) is 6.50. The van der Waals surface area contributed by atoms with E-state index in [9.17, 15) is 9.59 Å². The Morgan fingerprint density at radius 2 is 2.29 bits per heavy atom. The molecule has 0 spiro atoms. The van der Waals surface area contributed by atoms with Gasteiger partial charge in [-0.05, 0) is 18.8 Å². The number of ether oxygens (including phenoxy) is 1. The van der Waals surface area contributed by atoms with Crippen molar-refractivity contribution >= 4 is 12.0 Å². The van der Waals surface area contributed by atoms with Crippen molar-refractivity contribution in [2.45, 2.75) is 18.4 Å². The summed E-state index contributed by atoms with van der Waals surface area (Å²) in [5, 5.41) is 2.44. The molecule has 6 nitrogen and oxygen atoms in total. The van der Waals surface area contributed by atoms with E-state index in [-0.39, 0.29) is 11.9 Å². The van der Waals surface area contributed by atoms with Gasteiger partial charge >= 0.3 is 12.0 Å². The molecule has 2 atom stereocenters. The maximum atomic E-state index is 11.1. The minimum atomic E-state index is -0.839. The summed E-state index contributed by atoms with van der Waals surface area (Å²) in [5.41, 5.74) is 9.78. The van der Waals surface area contributed by atoms with Crippen LogP contribution in [0.15, 0.2) is 0 Å². The lowest BCUT2D eigenvalue weighted by Gasteiger charge is -2.08. The zero-order valence-corrected chi connectivity index (χ0v) is 8.08. The second kappa shape index (κ2) is 3.83. The van der Waals surface area contributed by atoms with Gasteiger partial charge in [0.2, 0.25) is 0 Å². The molecule has 80 valence electrons. The van der Waals surface area contributed by atoms with Crippen molar-refractivity contribution in [1.82, 2.24) is 5.32 Å². The first kappa shape index (κ1) is 10.8. The number of carbonyl (C=O) groups is 2. The van der Waals surface area contributed by atoms with Gasteiger partial charge in [0.25, 0.3) is 0 Å². The van der Waals surface area contributed by atoms with Crippen LogP contribution in [-0.4, -0.2) is 31.2 Å². The highest BCUT2D eigenvalue weighted by Gasteiger charge is 2.57. The molecule has 0 radical (unpaired) electrons. The van der Waals surface area contributed by atoms with Crippen LogP contribution in [0.3, 0.4) is 0 Å². The van der Waals surface area contributed by atoms with Crippen molar-refractivity contribution in [1.29, 1.82) is 0 Å². The molecule has 1 saturated carbocycles. The van der Waals surface area contributed by atoms with E-state index in [4.69, 9.17) is 11.5 Å². The van der Waals surface area contributed by atoms with Gasteiger partial charge in [-0.2, -0.15) is 0 Å². The number of esters is 1. The summed E-state index contributed by atoms with van der Waals surface area (Å²) in [6, 6.07) is -0.564. The third-order valence-electron chi connectivity index (χ3n) is 2.51. The summed E-state index contributed by atoms with van der Waals surface area (Å²) in [7, 11) is 1.31. The number of urea groups is 1. The molecule has 0 heterocycles. The number of amides is 2. The first-order valence-corrected chi connectivity index (χ1v) is 4.41. The maximum absolute atomic E-state index is 11.1. The smallest absolute Gasteiger partial charge is 0.326 e. The Balaban J connectivity index is 2.25. The number of hydrogen-bond donors (Lipinski definition) is 3. The third-order valence-corrected chi connectivity index (χ3v) is 2.51. The van der Waals surface area contributed by atoms with E-state index in [2.05, 4.69) is 10.1 Å². The molecule has 0 bridgehead atoms. The SMILES string of the molecule is COC(=O)[C@@]1(N)CC1CCNC(N)=O. The van der Waals surface area contributed by atoms with Crippen LogP contribution in [0.2, 0.25) is 0 Å². The molecule has 1 rings (SSSR count). The van der Waals surface area contributed by atoms with Gasteiger partial charge in [-0.15, -0.1) is 0 Å². The molecule has 1 aliphatic rings. The van der Waals surface area contributed by atoms with Crippen LogP contribution in [0.25, 0.3) is 0 Å². The van der Waals surface area contributed by atoms with Gasteiger partial charge < -0.3 is 21.5 Å². The van der Waals surface area contributed by atoms with Gasteiger partial charge in [0.05, 0.1) is 7.11 Å². The van der Waals surface area contributed by atoms with Crippen molar-refractivity contribution in [3.8, 4) is 0 Å². The monoisotopic (exact) mass is 201 g/mol. The number of rotatable bonds is 4. The van der Waals surface area contributed by atoms with E-state index in [1.165, 1.54) is 7.11 Å². The highest BCUT2D eigenvalue weighted by molar-refractivity contribution is 5.84. The maximum Gasteiger partial charge on any atom is 0.326 e. The Bertz CT molecular complexity index is 256. The Hall–Kier alpha value is -1.30. The molecule has 0 aromatic carbocycles. The van der Waals surface area contributed by atoms with Gasteiger partial charge in [0, 0.05) is 6.54 Å². The lowest BCUT2D eigenvalue weighted by molar-refractivity contribution is -0.143. The molecule has 1 aliphatic carbocycles. The van der Waals surface area contributed by atoms with Gasteiger partial charge in [0.1, 0.15) is 5.54 Å². The van der Waals surface area contributed by atoms with Crippen molar-refractivity contribution in [2.24, 2.45) is 17.4 Å². The average molecular weight is 201 g/mol. The molecule has 2 amide bonds. The fourth-order valence-electron chi connectivity index (χ4n) is 1.52. The second-order valence-corrected chi connectivity index (χ2v) is 3.51. The zero-order valence-electron chi connectivity index (χ0n) is 8.08. The van der Waals surface area contributed by atoms with E-state index < -0.39 is 11.6 Å².